The Morgan fingerprint density at radius 2 is 1.71 bits per heavy atom. The summed E-state index contributed by atoms with van der Waals surface area (Å²) in [6.07, 6.45) is 6.35. The lowest BCUT2D eigenvalue weighted by molar-refractivity contribution is -0.121. The molecule has 24 heavy (non-hydrogen) atoms. The van der Waals surface area contributed by atoms with Crippen LogP contribution >= 0.6 is 0 Å². The van der Waals surface area contributed by atoms with Crippen molar-refractivity contribution in [3.05, 3.63) is 35.4 Å². The van der Waals surface area contributed by atoms with Crippen LogP contribution in [0.1, 0.15) is 89.1 Å². The molecule has 0 bridgehead atoms. The first kappa shape index (κ1) is 22.4. The fourth-order valence-electron chi connectivity index (χ4n) is 2.35. The molecule has 0 saturated carbocycles. The van der Waals surface area contributed by atoms with Gasteiger partial charge in [-0.05, 0) is 18.1 Å². The molecule has 0 unspecified atom stereocenters. The summed E-state index contributed by atoms with van der Waals surface area (Å²) in [4.78, 5) is 23.8. The largest absolute Gasteiger partial charge is 0.352 e. The number of carbonyl (C=O) groups is 2. The zero-order valence-corrected chi connectivity index (χ0v) is 16.2. The lowest BCUT2D eigenvalue weighted by Gasteiger charge is -2.08. The molecule has 3 nitrogen and oxygen atoms in total. The van der Waals surface area contributed by atoms with E-state index in [4.69, 9.17) is 0 Å². The summed E-state index contributed by atoms with van der Waals surface area (Å²) in [7, 11) is 0. The molecule has 136 valence electrons. The zero-order valence-electron chi connectivity index (χ0n) is 16.2. The summed E-state index contributed by atoms with van der Waals surface area (Å²) < 4.78 is 0. The third kappa shape index (κ3) is 9.49. The molecule has 0 heterocycles. The number of rotatable bonds is 10. The fourth-order valence-corrected chi connectivity index (χ4v) is 2.35. The fraction of sp³-hybridized carbons (Fsp3) is 0.619. The van der Waals surface area contributed by atoms with Crippen molar-refractivity contribution in [3.63, 3.8) is 0 Å². The Hall–Kier alpha value is -1.64. The van der Waals surface area contributed by atoms with Crippen LogP contribution in [0.25, 0.3) is 0 Å². The Balaban J connectivity index is 0.00000254. The van der Waals surface area contributed by atoms with E-state index in [0.29, 0.717) is 13.0 Å². The van der Waals surface area contributed by atoms with E-state index in [2.05, 4.69) is 12.2 Å². The van der Waals surface area contributed by atoms with Gasteiger partial charge in [0.25, 0.3) is 0 Å². The van der Waals surface area contributed by atoms with Gasteiger partial charge in [-0.1, -0.05) is 78.5 Å². The summed E-state index contributed by atoms with van der Waals surface area (Å²) in [6.45, 7) is 10.5. The number of unbranched alkanes of at least 4 members (excludes halogenated alkanes) is 4. The molecular formula is C21H35NO2. The topological polar surface area (TPSA) is 46.2 Å². The van der Waals surface area contributed by atoms with Crippen LogP contribution in [0.4, 0.5) is 0 Å². The van der Waals surface area contributed by atoms with Gasteiger partial charge in [-0.25, -0.2) is 0 Å². The lowest BCUT2D eigenvalue weighted by Crippen LogP contribution is -2.22. The van der Waals surface area contributed by atoms with Gasteiger partial charge in [-0.3, -0.25) is 9.59 Å². The number of benzene rings is 1. The first-order valence-electron chi connectivity index (χ1n) is 9.44. The van der Waals surface area contributed by atoms with Gasteiger partial charge in [0.1, 0.15) is 0 Å². The molecule has 0 radical (unpaired) electrons. The van der Waals surface area contributed by atoms with Crippen molar-refractivity contribution in [1.29, 1.82) is 0 Å². The predicted octanol–water partition coefficient (Wildman–Crippen LogP) is 5.53. The average Bonchev–Trinajstić information content (AvgIpc) is 2.61. The third-order valence-corrected chi connectivity index (χ3v) is 3.73. The minimum Gasteiger partial charge on any atom is -0.352 e. The van der Waals surface area contributed by atoms with Crippen LogP contribution in [0.2, 0.25) is 0 Å². The molecule has 0 fully saturated rings. The minimum atomic E-state index is -0.00652. The van der Waals surface area contributed by atoms with Crippen LogP contribution in [0.3, 0.4) is 0 Å². The van der Waals surface area contributed by atoms with E-state index >= 15 is 0 Å². The summed E-state index contributed by atoms with van der Waals surface area (Å²) in [5, 5.41) is 2.93. The number of ketones is 1. The van der Waals surface area contributed by atoms with Crippen molar-refractivity contribution in [2.45, 2.75) is 79.7 Å². The van der Waals surface area contributed by atoms with Crippen molar-refractivity contribution >= 4 is 11.7 Å². The summed E-state index contributed by atoms with van der Waals surface area (Å²) >= 11 is 0. The van der Waals surface area contributed by atoms with Crippen molar-refractivity contribution < 1.29 is 9.59 Å². The Labute approximate surface area is 148 Å². The molecule has 0 aromatic heterocycles. The molecule has 0 spiro atoms. The van der Waals surface area contributed by atoms with E-state index in [9.17, 15) is 9.59 Å². The molecule has 1 aromatic rings. The highest BCUT2D eigenvalue weighted by atomic mass is 16.1. The van der Waals surface area contributed by atoms with Gasteiger partial charge in [0.15, 0.2) is 5.78 Å². The summed E-state index contributed by atoms with van der Waals surface area (Å²) in [5.41, 5.74) is 1.70. The Morgan fingerprint density at radius 3 is 2.33 bits per heavy atom. The number of amides is 1. The Bertz CT molecular complexity index is 480. The SMILES string of the molecule is CC.CCCCCCCC(=O)NCc1cccc(C(=O)C(C)C)c1. The molecule has 0 aliphatic heterocycles. The first-order valence-corrected chi connectivity index (χ1v) is 9.44. The van der Waals surface area contributed by atoms with E-state index in [1.54, 1.807) is 0 Å². The maximum atomic E-state index is 12.0. The van der Waals surface area contributed by atoms with Crippen molar-refractivity contribution in [2.75, 3.05) is 0 Å². The molecule has 1 amide bonds. The minimum absolute atomic E-state index is 0.00652. The molecule has 1 rings (SSSR count). The van der Waals surface area contributed by atoms with E-state index in [-0.39, 0.29) is 17.6 Å². The van der Waals surface area contributed by atoms with Crippen LogP contribution in [0, 0.1) is 5.92 Å². The van der Waals surface area contributed by atoms with E-state index in [1.807, 2.05) is 52.0 Å². The number of nitrogens with one attached hydrogen (secondary N) is 1. The number of hydrogen-bond acceptors (Lipinski definition) is 2. The molecule has 0 atom stereocenters. The smallest absolute Gasteiger partial charge is 0.220 e. The molecule has 0 aliphatic carbocycles. The molecular weight excluding hydrogens is 298 g/mol. The summed E-state index contributed by atoms with van der Waals surface area (Å²) in [5.74, 6) is 0.231. The molecule has 0 aliphatic rings. The van der Waals surface area contributed by atoms with Crippen molar-refractivity contribution in [3.8, 4) is 0 Å². The van der Waals surface area contributed by atoms with E-state index in [0.717, 1.165) is 24.0 Å². The van der Waals surface area contributed by atoms with Gasteiger partial charge in [0.2, 0.25) is 5.91 Å². The average molecular weight is 334 g/mol. The lowest BCUT2D eigenvalue weighted by atomic mass is 9.99. The van der Waals surface area contributed by atoms with E-state index in [1.165, 1.54) is 19.3 Å². The van der Waals surface area contributed by atoms with Crippen LogP contribution < -0.4 is 5.32 Å². The second-order valence-corrected chi connectivity index (χ2v) is 6.16. The van der Waals surface area contributed by atoms with Crippen LogP contribution in [0.15, 0.2) is 24.3 Å². The highest BCUT2D eigenvalue weighted by Crippen LogP contribution is 2.11. The molecule has 3 heteroatoms. The van der Waals surface area contributed by atoms with E-state index < -0.39 is 0 Å². The number of hydrogen-bond donors (Lipinski definition) is 1. The molecule has 0 saturated heterocycles. The normalized spacial score (nSPS) is 10.1. The quantitative estimate of drug-likeness (QED) is 0.452. The highest BCUT2D eigenvalue weighted by molar-refractivity contribution is 5.97. The first-order chi connectivity index (χ1) is 11.5. The van der Waals surface area contributed by atoms with Crippen LogP contribution in [-0.2, 0) is 11.3 Å². The van der Waals surface area contributed by atoms with Gasteiger partial charge in [0.05, 0.1) is 0 Å². The zero-order chi connectivity index (χ0) is 18.4. The van der Waals surface area contributed by atoms with Gasteiger partial charge < -0.3 is 5.32 Å². The summed E-state index contributed by atoms with van der Waals surface area (Å²) in [6, 6.07) is 7.53. The number of Topliss-reactive ketones (excluding diaryl/α,β-unsaturated/α-hetero) is 1. The maximum absolute atomic E-state index is 12.0. The second-order valence-electron chi connectivity index (χ2n) is 6.16. The monoisotopic (exact) mass is 333 g/mol. The van der Waals surface area contributed by atoms with Gasteiger partial charge in [0, 0.05) is 24.4 Å². The Morgan fingerprint density at radius 1 is 1.04 bits per heavy atom. The maximum Gasteiger partial charge on any atom is 0.220 e. The second kappa shape index (κ2) is 13.8. The number of carbonyl (C=O) groups excluding carboxylic acids is 2. The highest BCUT2D eigenvalue weighted by Gasteiger charge is 2.10. The third-order valence-electron chi connectivity index (χ3n) is 3.73. The van der Waals surface area contributed by atoms with Crippen molar-refractivity contribution in [1.82, 2.24) is 5.32 Å². The predicted molar refractivity (Wildman–Crippen MR) is 102 cm³/mol. The van der Waals surface area contributed by atoms with Crippen LogP contribution in [0.5, 0.6) is 0 Å². The molecule has 1 aromatic carbocycles. The van der Waals surface area contributed by atoms with Crippen LogP contribution in [-0.4, -0.2) is 11.7 Å². The Kier molecular flexibility index (Phi) is 12.8. The van der Waals surface area contributed by atoms with Gasteiger partial charge in [-0.15, -0.1) is 0 Å². The van der Waals surface area contributed by atoms with Crippen molar-refractivity contribution in [2.24, 2.45) is 5.92 Å². The van der Waals surface area contributed by atoms with Gasteiger partial charge in [-0.2, -0.15) is 0 Å². The standard InChI is InChI=1S/C19H29NO2.C2H6/c1-4-5-6-7-8-12-18(21)20-14-16-10-9-11-17(13-16)19(22)15(2)3;1-2/h9-11,13,15H,4-8,12,14H2,1-3H3,(H,20,21);1-2H3. The van der Waals surface area contributed by atoms with Gasteiger partial charge >= 0.3 is 0 Å². The molecule has 1 N–H and O–H groups in total.